The van der Waals surface area contributed by atoms with E-state index in [0.717, 1.165) is 19.3 Å². The van der Waals surface area contributed by atoms with Crippen molar-refractivity contribution in [1.29, 1.82) is 0 Å². The molecule has 1 atom stereocenters. The summed E-state index contributed by atoms with van der Waals surface area (Å²) in [7, 11) is 0. The second kappa shape index (κ2) is 5.35. The predicted octanol–water partition coefficient (Wildman–Crippen LogP) is 1.83. The lowest BCUT2D eigenvalue weighted by Gasteiger charge is -2.23. The minimum Gasteiger partial charge on any atom is -0.444 e. The van der Waals surface area contributed by atoms with Crippen LogP contribution in [0.5, 0.6) is 0 Å². The van der Waals surface area contributed by atoms with Crippen LogP contribution in [0.4, 0.5) is 4.79 Å². The van der Waals surface area contributed by atoms with Crippen molar-refractivity contribution in [3.8, 4) is 0 Å². The van der Waals surface area contributed by atoms with Crippen molar-refractivity contribution in [3.63, 3.8) is 0 Å². The normalized spacial score (nSPS) is 27.6. The van der Waals surface area contributed by atoms with E-state index in [-0.39, 0.29) is 12.2 Å². The highest BCUT2D eigenvalue weighted by Gasteiger charge is 2.22. The Morgan fingerprint density at radius 2 is 2.00 bits per heavy atom. The molecule has 0 radical (unpaired) electrons. The molecule has 1 amide bonds. The van der Waals surface area contributed by atoms with Crippen molar-refractivity contribution in [2.45, 2.75) is 50.7 Å². The molecule has 4 heteroatoms. The van der Waals surface area contributed by atoms with E-state index in [1.165, 1.54) is 19.3 Å². The van der Waals surface area contributed by atoms with E-state index in [4.69, 9.17) is 9.47 Å². The largest absolute Gasteiger partial charge is 0.444 e. The van der Waals surface area contributed by atoms with E-state index >= 15 is 0 Å². The summed E-state index contributed by atoms with van der Waals surface area (Å²) in [5, 5.41) is 2.93. The minimum atomic E-state index is -0.266. The van der Waals surface area contributed by atoms with Gasteiger partial charge in [-0.3, -0.25) is 0 Å². The summed E-state index contributed by atoms with van der Waals surface area (Å²) in [6.07, 6.45) is 6.45. The Labute approximate surface area is 90.3 Å². The maximum absolute atomic E-state index is 11.5. The highest BCUT2D eigenvalue weighted by Crippen LogP contribution is 2.17. The molecule has 2 rings (SSSR count). The maximum Gasteiger partial charge on any atom is 0.407 e. The molecule has 1 N–H and O–H groups in total. The standard InChI is InChI=1S/C11H19NO3/c13-11(15-10-6-7-14-8-10)12-9-4-2-1-3-5-9/h9-10H,1-8H2,(H,12,13)/t10-/m0/s1. The number of nitrogens with one attached hydrogen (secondary N) is 1. The zero-order valence-electron chi connectivity index (χ0n) is 9.04. The number of alkyl carbamates (subject to hydrolysis) is 1. The first kappa shape index (κ1) is 10.7. The fourth-order valence-corrected chi connectivity index (χ4v) is 2.20. The average molecular weight is 213 g/mol. The lowest BCUT2D eigenvalue weighted by atomic mass is 9.96. The Balaban J connectivity index is 1.66. The molecular formula is C11H19NO3. The lowest BCUT2D eigenvalue weighted by Crippen LogP contribution is -2.38. The van der Waals surface area contributed by atoms with Crippen LogP contribution in [0.2, 0.25) is 0 Å². The van der Waals surface area contributed by atoms with E-state index in [0.29, 0.717) is 19.3 Å². The molecule has 1 aliphatic carbocycles. The highest BCUT2D eigenvalue weighted by atomic mass is 16.6. The maximum atomic E-state index is 11.5. The van der Waals surface area contributed by atoms with Gasteiger partial charge >= 0.3 is 6.09 Å². The number of amides is 1. The molecule has 86 valence electrons. The highest BCUT2D eigenvalue weighted by molar-refractivity contribution is 5.67. The quantitative estimate of drug-likeness (QED) is 0.761. The zero-order valence-corrected chi connectivity index (χ0v) is 9.04. The van der Waals surface area contributed by atoms with Gasteiger partial charge in [0.2, 0.25) is 0 Å². The Hall–Kier alpha value is -0.770. The number of rotatable bonds is 2. The lowest BCUT2D eigenvalue weighted by molar-refractivity contribution is 0.0795. The molecule has 0 spiro atoms. The zero-order chi connectivity index (χ0) is 10.5. The number of carbonyl (C=O) groups is 1. The Morgan fingerprint density at radius 3 is 2.67 bits per heavy atom. The molecule has 2 aliphatic rings. The van der Waals surface area contributed by atoms with Crippen molar-refractivity contribution >= 4 is 6.09 Å². The van der Waals surface area contributed by atoms with Gasteiger partial charge in [-0.2, -0.15) is 0 Å². The molecule has 2 fully saturated rings. The van der Waals surface area contributed by atoms with Crippen LogP contribution < -0.4 is 5.32 Å². The second-order valence-electron chi connectivity index (χ2n) is 4.37. The van der Waals surface area contributed by atoms with E-state index in [1.54, 1.807) is 0 Å². The molecule has 1 saturated heterocycles. The van der Waals surface area contributed by atoms with E-state index in [1.807, 2.05) is 0 Å². The van der Waals surface area contributed by atoms with Crippen LogP contribution in [0.3, 0.4) is 0 Å². The van der Waals surface area contributed by atoms with Crippen LogP contribution in [0, 0.1) is 0 Å². The first-order valence-corrected chi connectivity index (χ1v) is 5.89. The van der Waals surface area contributed by atoms with Crippen LogP contribution in [-0.4, -0.2) is 31.5 Å². The first-order chi connectivity index (χ1) is 7.34. The van der Waals surface area contributed by atoms with Gasteiger partial charge in [-0.25, -0.2) is 4.79 Å². The van der Waals surface area contributed by atoms with Crippen LogP contribution in [0.25, 0.3) is 0 Å². The summed E-state index contributed by atoms with van der Waals surface area (Å²) >= 11 is 0. The summed E-state index contributed by atoms with van der Waals surface area (Å²) < 4.78 is 10.4. The molecule has 0 aromatic rings. The van der Waals surface area contributed by atoms with E-state index in [9.17, 15) is 4.79 Å². The molecule has 1 aliphatic heterocycles. The average Bonchev–Trinajstić information content (AvgIpc) is 2.71. The summed E-state index contributed by atoms with van der Waals surface area (Å²) in [5.74, 6) is 0. The van der Waals surface area contributed by atoms with Gasteiger partial charge in [-0.15, -0.1) is 0 Å². The van der Waals surface area contributed by atoms with Crippen LogP contribution in [-0.2, 0) is 9.47 Å². The van der Waals surface area contributed by atoms with E-state index in [2.05, 4.69) is 5.32 Å². The molecule has 0 aromatic carbocycles. The Morgan fingerprint density at radius 1 is 1.20 bits per heavy atom. The molecule has 0 bridgehead atoms. The number of hydrogen-bond acceptors (Lipinski definition) is 3. The molecule has 4 nitrogen and oxygen atoms in total. The fourth-order valence-electron chi connectivity index (χ4n) is 2.20. The van der Waals surface area contributed by atoms with Crippen molar-refractivity contribution in [3.05, 3.63) is 0 Å². The molecule has 0 aromatic heterocycles. The van der Waals surface area contributed by atoms with Crippen LogP contribution in [0.1, 0.15) is 38.5 Å². The van der Waals surface area contributed by atoms with Crippen molar-refractivity contribution in [2.75, 3.05) is 13.2 Å². The monoisotopic (exact) mass is 213 g/mol. The molecule has 1 heterocycles. The van der Waals surface area contributed by atoms with Gasteiger partial charge in [0.15, 0.2) is 0 Å². The van der Waals surface area contributed by atoms with Crippen molar-refractivity contribution < 1.29 is 14.3 Å². The van der Waals surface area contributed by atoms with Gasteiger partial charge in [0.05, 0.1) is 13.2 Å². The first-order valence-electron chi connectivity index (χ1n) is 5.89. The Kier molecular flexibility index (Phi) is 3.83. The van der Waals surface area contributed by atoms with Crippen LogP contribution in [0.15, 0.2) is 0 Å². The van der Waals surface area contributed by atoms with Gasteiger partial charge < -0.3 is 14.8 Å². The van der Waals surface area contributed by atoms with Gasteiger partial charge in [-0.05, 0) is 12.8 Å². The van der Waals surface area contributed by atoms with Crippen LogP contribution >= 0.6 is 0 Å². The molecule has 1 saturated carbocycles. The SMILES string of the molecule is O=C(NC1CCCCC1)O[C@H]1CCOC1. The second-order valence-corrected chi connectivity index (χ2v) is 4.37. The van der Waals surface area contributed by atoms with E-state index < -0.39 is 0 Å². The fraction of sp³-hybridized carbons (Fsp3) is 0.909. The van der Waals surface area contributed by atoms with Crippen molar-refractivity contribution in [1.82, 2.24) is 5.32 Å². The topological polar surface area (TPSA) is 47.6 Å². The summed E-state index contributed by atoms with van der Waals surface area (Å²) in [4.78, 5) is 11.5. The minimum absolute atomic E-state index is 0.0337. The number of carbonyl (C=O) groups excluding carboxylic acids is 1. The van der Waals surface area contributed by atoms with Gasteiger partial charge in [0, 0.05) is 12.5 Å². The summed E-state index contributed by atoms with van der Waals surface area (Å²) in [5.41, 5.74) is 0. The molecule has 15 heavy (non-hydrogen) atoms. The summed E-state index contributed by atoms with van der Waals surface area (Å²) in [6.45, 7) is 1.26. The predicted molar refractivity (Wildman–Crippen MR) is 55.7 cm³/mol. The van der Waals surface area contributed by atoms with Crippen molar-refractivity contribution in [2.24, 2.45) is 0 Å². The molecule has 0 unspecified atom stereocenters. The smallest absolute Gasteiger partial charge is 0.407 e. The third kappa shape index (κ3) is 3.38. The third-order valence-corrected chi connectivity index (χ3v) is 3.09. The number of hydrogen-bond donors (Lipinski definition) is 1. The number of ether oxygens (including phenoxy) is 2. The molecular weight excluding hydrogens is 194 g/mol. The third-order valence-electron chi connectivity index (χ3n) is 3.09. The van der Waals surface area contributed by atoms with Gasteiger partial charge in [0.25, 0.3) is 0 Å². The van der Waals surface area contributed by atoms with Gasteiger partial charge in [0.1, 0.15) is 6.10 Å². The Bertz CT molecular complexity index is 208. The summed E-state index contributed by atoms with van der Waals surface area (Å²) in [6, 6.07) is 0.327. The van der Waals surface area contributed by atoms with Gasteiger partial charge in [-0.1, -0.05) is 19.3 Å².